The smallest absolute Gasteiger partial charge is 0.225 e. The van der Waals surface area contributed by atoms with E-state index in [0.717, 1.165) is 74.3 Å². The molecule has 2 aliphatic heterocycles. The fourth-order valence-corrected chi connectivity index (χ4v) is 6.81. The van der Waals surface area contributed by atoms with Crippen LogP contribution in [0, 0.1) is 11.8 Å². The van der Waals surface area contributed by atoms with Crippen molar-refractivity contribution in [2.45, 2.75) is 65.0 Å². The molecule has 2 aromatic rings. The zero-order chi connectivity index (χ0) is 25.8. The fourth-order valence-electron chi connectivity index (χ4n) is 5.89. The quantitative estimate of drug-likeness (QED) is 0.535. The van der Waals surface area contributed by atoms with Gasteiger partial charge in [-0.2, -0.15) is 5.11 Å². The molecule has 2 aromatic heterocycles. The molecule has 1 amide bonds. The third-order valence-electron chi connectivity index (χ3n) is 7.97. The van der Waals surface area contributed by atoms with Gasteiger partial charge < -0.3 is 9.80 Å². The molecular weight excluding hydrogens is 482 g/mol. The van der Waals surface area contributed by atoms with Crippen molar-refractivity contribution < 1.29 is 4.79 Å². The van der Waals surface area contributed by atoms with Crippen LogP contribution in [0.3, 0.4) is 0 Å². The number of carbonyl (C=O) groups excluding carboxylic acids is 1. The molecule has 0 aromatic carbocycles. The van der Waals surface area contributed by atoms with E-state index in [0.29, 0.717) is 18.4 Å². The molecule has 1 aliphatic carbocycles. The van der Waals surface area contributed by atoms with Gasteiger partial charge in [0.15, 0.2) is 0 Å². The largest absolute Gasteiger partial charge is 0.350 e. The summed E-state index contributed by atoms with van der Waals surface area (Å²) in [7, 11) is 0. The molecule has 9 heteroatoms. The first kappa shape index (κ1) is 25.8. The molecule has 5 rings (SSSR count). The second kappa shape index (κ2) is 11.7. The minimum Gasteiger partial charge on any atom is -0.350 e. The van der Waals surface area contributed by atoms with Gasteiger partial charge >= 0.3 is 0 Å². The van der Waals surface area contributed by atoms with Crippen molar-refractivity contribution in [3.63, 3.8) is 0 Å². The van der Waals surface area contributed by atoms with Crippen molar-refractivity contribution >= 4 is 33.3 Å². The van der Waals surface area contributed by atoms with Crippen LogP contribution < -0.4 is 4.90 Å². The molecule has 0 spiro atoms. The number of thiophene rings is 1. The molecule has 1 saturated heterocycles. The van der Waals surface area contributed by atoms with E-state index in [-0.39, 0.29) is 18.0 Å². The van der Waals surface area contributed by atoms with Crippen LogP contribution in [-0.4, -0.2) is 70.6 Å². The summed E-state index contributed by atoms with van der Waals surface area (Å²) in [5.74, 6) is 1.91. The maximum atomic E-state index is 13.7. The van der Waals surface area contributed by atoms with Crippen LogP contribution in [0.25, 0.3) is 10.2 Å². The molecule has 1 saturated carbocycles. The van der Waals surface area contributed by atoms with E-state index in [9.17, 15) is 4.79 Å². The van der Waals surface area contributed by atoms with E-state index >= 15 is 0 Å². The Morgan fingerprint density at radius 1 is 1.16 bits per heavy atom. The molecule has 2 fully saturated rings. The van der Waals surface area contributed by atoms with Crippen LogP contribution >= 0.6 is 11.3 Å². The lowest BCUT2D eigenvalue weighted by Gasteiger charge is -2.42. The van der Waals surface area contributed by atoms with Crippen molar-refractivity contribution in [3.05, 3.63) is 41.6 Å². The van der Waals surface area contributed by atoms with Gasteiger partial charge in [-0.1, -0.05) is 42.9 Å². The third-order valence-corrected chi connectivity index (χ3v) is 9.16. The highest BCUT2D eigenvalue weighted by molar-refractivity contribution is 7.18. The van der Waals surface area contributed by atoms with Gasteiger partial charge in [0.2, 0.25) is 5.91 Å². The Bertz CT molecular complexity index is 1170. The molecule has 4 atom stereocenters. The first-order valence-corrected chi connectivity index (χ1v) is 14.6. The molecule has 0 radical (unpaired) electrons. The summed E-state index contributed by atoms with van der Waals surface area (Å²) >= 11 is 1.75. The van der Waals surface area contributed by atoms with Crippen LogP contribution in [0.5, 0.6) is 0 Å². The van der Waals surface area contributed by atoms with Crippen LogP contribution in [0.1, 0.15) is 51.3 Å². The summed E-state index contributed by atoms with van der Waals surface area (Å²) in [5, 5.41) is 12.1. The molecular formula is C28H39N7OS. The van der Waals surface area contributed by atoms with Gasteiger partial charge in [-0.15, -0.1) is 11.3 Å². The number of aryl methyl sites for hydroxylation is 1. The normalized spacial score (nSPS) is 28.6. The van der Waals surface area contributed by atoms with Gasteiger partial charge in [0, 0.05) is 43.0 Å². The lowest BCUT2D eigenvalue weighted by Crippen LogP contribution is -2.55. The molecule has 198 valence electrons. The Morgan fingerprint density at radius 3 is 2.89 bits per heavy atom. The fraction of sp³-hybridized carbons (Fsp3) is 0.607. The predicted molar refractivity (Wildman–Crippen MR) is 150 cm³/mol. The summed E-state index contributed by atoms with van der Waals surface area (Å²) in [5.41, 5.74) is 0. The minimum absolute atomic E-state index is 0.106. The lowest BCUT2D eigenvalue weighted by atomic mass is 9.80. The molecule has 37 heavy (non-hydrogen) atoms. The van der Waals surface area contributed by atoms with Crippen LogP contribution in [0.4, 0.5) is 5.82 Å². The van der Waals surface area contributed by atoms with Crippen LogP contribution in [-0.2, 0) is 11.2 Å². The zero-order valence-electron chi connectivity index (χ0n) is 22.3. The topological polar surface area (TPSA) is 77.3 Å². The number of hydrogen-bond donors (Lipinski definition) is 0. The Morgan fingerprint density at radius 2 is 2.05 bits per heavy atom. The van der Waals surface area contributed by atoms with Gasteiger partial charge in [-0.3, -0.25) is 9.80 Å². The molecule has 1 unspecified atom stereocenters. The Hall–Kier alpha value is -2.81. The highest BCUT2D eigenvalue weighted by Gasteiger charge is 2.35. The Labute approximate surface area is 224 Å². The number of anilines is 1. The van der Waals surface area contributed by atoms with Gasteiger partial charge in [0.25, 0.3) is 0 Å². The SMILES string of the molecule is CCc1cc2c(N3CCN(C(=O)[C@@H]4CCC[C@H](CN5N=NC/C=C\C=C/C5C)C4)C[C@@H]3C)ncnc2s1. The highest BCUT2D eigenvalue weighted by Crippen LogP contribution is 2.34. The van der Waals surface area contributed by atoms with Crippen molar-refractivity contribution in [1.29, 1.82) is 0 Å². The third kappa shape index (κ3) is 5.87. The Balaban J connectivity index is 1.21. The summed E-state index contributed by atoms with van der Waals surface area (Å²) in [6, 6.07) is 2.65. The molecule has 0 N–H and O–H groups in total. The number of hydrogen-bond acceptors (Lipinski definition) is 8. The number of rotatable bonds is 5. The first-order chi connectivity index (χ1) is 18.0. The average Bonchev–Trinajstić information content (AvgIpc) is 3.38. The van der Waals surface area contributed by atoms with Gasteiger partial charge in [0.05, 0.1) is 18.0 Å². The number of carbonyl (C=O) groups is 1. The van der Waals surface area contributed by atoms with Crippen molar-refractivity contribution in [1.82, 2.24) is 19.9 Å². The standard InChI is InChI=1S/C28H39N7OS/c1-4-24-16-25-26(29-19-30-27(25)37-24)34-14-13-33(17-21(34)3)28(36)23-11-8-10-22(15-23)18-35-20(2)9-6-5-7-12-31-32-35/h5-7,9,16,19-23H,4,8,10-15,17-18H2,1-3H3/b7-5-,9-6-,32-31?/t20?,21-,22-,23+/m0/s1. The number of piperazine rings is 1. The van der Waals surface area contributed by atoms with Gasteiger partial charge in [-0.25, -0.2) is 9.97 Å². The number of amides is 1. The lowest BCUT2D eigenvalue weighted by molar-refractivity contribution is -0.138. The van der Waals surface area contributed by atoms with Crippen molar-refractivity contribution in [2.75, 3.05) is 37.6 Å². The van der Waals surface area contributed by atoms with E-state index < -0.39 is 0 Å². The second-order valence-electron chi connectivity index (χ2n) is 10.6. The van der Waals surface area contributed by atoms with E-state index in [1.54, 1.807) is 17.7 Å². The second-order valence-corrected chi connectivity index (χ2v) is 11.7. The van der Waals surface area contributed by atoms with Crippen molar-refractivity contribution in [3.8, 4) is 0 Å². The number of aromatic nitrogens is 2. The maximum Gasteiger partial charge on any atom is 0.225 e. The summed E-state index contributed by atoms with van der Waals surface area (Å²) < 4.78 is 0. The van der Waals surface area contributed by atoms with E-state index in [2.05, 4.69) is 74.1 Å². The molecule has 8 nitrogen and oxygen atoms in total. The molecule has 0 bridgehead atoms. The highest BCUT2D eigenvalue weighted by atomic mass is 32.1. The summed E-state index contributed by atoms with van der Waals surface area (Å²) in [6.07, 6.45) is 15.2. The van der Waals surface area contributed by atoms with E-state index in [1.165, 1.54) is 4.88 Å². The Kier molecular flexibility index (Phi) is 8.17. The van der Waals surface area contributed by atoms with E-state index in [4.69, 9.17) is 0 Å². The predicted octanol–water partition coefficient (Wildman–Crippen LogP) is 5.28. The van der Waals surface area contributed by atoms with Crippen molar-refractivity contribution in [2.24, 2.45) is 22.2 Å². The number of allylic oxidation sites excluding steroid dienone is 2. The molecule has 3 aliphatic rings. The number of fused-ring (bicyclic) bond motifs is 1. The van der Waals surface area contributed by atoms with Gasteiger partial charge in [-0.05, 0) is 51.5 Å². The minimum atomic E-state index is 0.106. The maximum absolute atomic E-state index is 13.7. The van der Waals surface area contributed by atoms with Gasteiger partial charge in [0.1, 0.15) is 17.0 Å². The number of nitrogens with zero attached hydrogens (tertiary/aromatic N) is 7. The van der Waals surface area contributed by atoms with E-state index in [1.807, 2.05) is 12.2 Å². The first-order valence-electron chi connectivity index (χ1n) is 13.8. The average molecular weight is 522 g/mol. The summed E-state index contributed by atoms with van der Waals surface area (Å²) in [6.45, 7) is 10.3. The zero-order valence-corrected chi connectivity index (χ0v) is 23.1. The summed E-state index contributed by atoms with van der Waals surface area (Å²) in [4.78, 5) is 29.7. The monoisotopic (exact) mass is 521 g/mol. The molecule has 4 heterocycles. The van der Waals surface area contributed by atoms with Crippen LogP contribution in [0.15, 0.2) is 47.0 Å². The van der Waals surface area contributed by atoms with Crippen LogP contribution in [0.2, 0.25) is 0 Å².